The van der Waals surface area contributed by atoms with Crippen LogP contribution in [0.1, 0.15) is 5.56 Å². The van der Waals surface area contributed by atoms with Crippen molar-refractivity contribution in [1.82, 2.24) is 4.98 Å². The summed E-state index contributed by atoms with van der Waals surface area (Å²) in [7, 11) is 1.63. The van der Waals surface area contributed by atoms with Crippen LogP contribution in [0.3, 0.4) is 0 Å². The molecule has 0 saturated heterocycles. The van der Waals surface area contributed by atoms with Gasteiger partial charge in [0.05, 0.1) is 0 Å². The van der Waals surface area contributed by atoms with Crippen LogP contribution in [0.15, 0.2) is 47.0 Å². The Labute approximate surface area is 114 Å². The van der Waals surface area contributed by atoms with Gasteiger partial charge in [-0.15, -0.1) is 0 Å². The Kier molecular flexibility index (Phi) is 5.74. The van der Waals surface area contributed by atoms with Crippen molar-refractivity contribution in [1.29, 1.82) is 5.41 Å². The largest absolute Gasteiger partial charge is 0.289 e. The third-order valence-electron chi connectivity index (χ3n) is 1.82. The van der Waals surface area contributed by atoms with E-state index in [0.29, 0.717) is 15.5 Å². The van der Waals surface area contributed by atoms with E-state index >= 15 is 0 Å². The normalized spacial score (nSPS) is 11.8. The van der Waals surface area contributed by atoms with E-state index < -0.39 is 5.95 Å². The maximum atomic E-state index is 12.7. The first kappa shape index (κ1) is 14.6. The standard InChI is InChI=1S/C12H11ClFN3S/c1-8(3-5-10(13)15)18-12(16-2)9-4-6-11(14)17-7-9/h3-7,15H,1H2,2H3/b5-3-,15-10?,16-12?. The Balaban J connectivity index is 2.77. The van der Waals surface area contributed by atoms with Gasteiger partial charge in [0, 0.05) is 23.7 Å². The average Bonchev–Trinajstić information content (AvgIpc) is 2.34. The highest BCUT2D eigenvalue weighted by Gasteiger charge is 2.05. The van der Waals surface area contributed by atoms with Crippen LogP contribution < -0.4 is 0 Å². The maximum absolute atomic E-state index is 12.7. The number of thioether (sulfide) groups is 1. The van der Waals surface area contributed by atoms with E-state index in [4.69, 9.17) is 17.0 Å². The van der Waals surface area contributed by atoms with Crippen molar-refractivity contribution in [2.45, 2.75) is 0 Å². The van der Waals surface area contributed by atoms with Crippen LogP contribution >= 0.6 is 23.4 Å². The van der Waals surface area contributed by atoms with Crippen molar-refractivity contribution >= 4 is 33.6 Å². The lowest BCUT2D eigenvalue weighted by molar-refractivity contribution is 0.583. The van der Waals surface area contributed by atoms with Crippen LogP contribution in [0, 0.1) is 11.4 Å². The number of hydrogen-bond donors (Lipinski definition) is 1. The SMILES string of the molecule is C=C(/C=C\C(=N)Cl)SC(=NC)c1ccc(F)nc1. The van der Waals surface area contributed by atoms with E-state index in [0.717, 1.165) is 0 Å². The molecule has 94 valence electrons. The van der Waals surface area contributed by atoms with Crippen molar-refractivity contribution in [3.63, 3.8) is 0 Å². The van der Waals surface area contributed by atoms with Gasteiger partial charge < -0.3 is 0 Å². The lowest BCUT2D eigenvalue weighted by Crippen LogP contribution is -1.97. The molecule has 3 nitrogen and oxygen atoms in total. The van der Waals surface area contributed by atoms with Crippen molar-refractivity contribution in [3.05, 3.63) is 53.5 Å². The molecule has 1 rings (SSSR count). The lowest BCUT2D eigenvalue weighted by atomic mass is 10.3. The highest BCUT2D eigenvalue weighted by Crippen LogP contribution is 2.21. The maximum Gasteiger partial charge on any atom is 0.212 e. The fourth-order valence-electron chi connectivity index (χ4n) is 1.06. The second-order valence-corrected chi connectivity index (χ2v) is 4.67. The summed E-state index contributed by atoms with van der Waals surface area (Å²) in [5.41, 5.74) is 0.708. The number of pyridine rings is 1. The number of allylic oxidation sites excluding steroid dienone is 2. The van der Waals surface area contributed by atoms with Crippen LogP contribution in [0.25, 0.3) is 0 Å². The molecule has 0 fully saturated rings. The van der Waals surface area contributed by atoms with Crippen LogP contribution in [0.5, 0.6) is 0 Å². The van der Waals surface area contributed by atoms with Gasteiger partial charge in [-0.3, -0.25) is 10.4 Å². The summed E-state index contributed by atoms with van der Waals surface area (Å²) in [4.78, 5) is 8.33. The van der Waals surface area contributed by atoms with E-state index in [1.54, 1.807) is 19.2 Å². The molecule has 0 atom stereocenters. The summed E-state index contributed by atoms with van der Waals surface area (Å²) in [6, 6.07) is 2.87. The molecule has 0 aliphatic carbocycles. The predicted molar refractivity (Wildman–Crippen MR) is 76.1 cm³/mol. The molecule has 0 spiro atoms. The average molecular weight is 284 g/mol. The van der Waals surface area contributed by atoms with Crippen LogP contribution in [0.2, 0.25) is 0 Å². The van der Waals surface area contributed by atoms with Gasteiger partial charge in [0.1, 0.15) is 10.2 Å². The van der Waals surface area contributed by atoms with Crippen molar-refractivity contribution in [2.24, 2.45) is 4.99 Å². The highest BCUT2D eigenvalue weighted by molar-refractivity contribution is 8.17. The van der Waals surface area contributed by atoms with Gasteiger partial charge >= 0.3 is 0 Å². The molecule has 1 aromatic rings. The molecule has 18 heavy (non-hydrogen) atoms. The number of hydrogen-bond acceptors (Lipinski definition) is 4. The van der Waals surface area contributed by atoms with E-state index in [2.05, 4.69) is 16.6 Å². The highest BCUT2D eigenvalue weighted by atomic mass is 35.5. The van der Waals surface area contributed by atoms with Gasteiger partial charge in [-0.25, -0.2) is 4.98 Å². The van der Waals surface area contributed by atoms with Gasteiger partial charge in [-0.2, -0.15) is 4.39 Å². The van der Waals surface area contributed by atoms with E-state index in [1.807, 2.05) is 0 Å². The number of halogens is 2. The first-order chi connectivity index (χ1) is 8.52. The number of aromatic nitrogens is 1. The zero-order valence-corrected chi connectivity index (χ0v) is 11.2. The van der Waals surface area contributed by atoms with Gasteiger partial charge in [-0.05, 0) is 24.3 Å². The zero-order chi connectivity index (χ0) is 13.5. The smallest absolute Gasteiger partial charge is 0.212 e. The van der Waals surface area contributed by atoms with E-state index in [9.17, 15) is 4.39 Å². The number of aliphatic imine (C=N–C) groups is 1. The minimum absolute atomic E-state index is 0.0739. The van der Waals surface area contributed by atoms with E-state index in [1.165, 1.54) is 30.1 Å². The van der Waals surface area contributed by atoms with Gasteiger partial charge in [0.15, 0.2) is 0 Å². The Hall–Kier alpha value is -1.46. The minimum Gasteiger partial charge on any atom is -0.289 e. The van der Waals surface area contributed by atoms with Crippen molar-refractivity contribution < 1.29 is 4.39 Å². The molecule has 0 aliphatic rings. The van der Waals surface area contributed by atoms with Crippen LogP contribution in [-0.2, 0) is 0 Å². The lowest BCUT2D eigenvalue weighted by Gasteiger charge is -2.04. The Morgan fingerprint density at radius 2 is 2.28 bits per heavy atom. The van der Waals surface area contributed by atoms with Crippen molar-refractivity contribution in [3.8, 4) is 0 Å². The number of nitrogens with one attached hydrogen (secondary N) is 1. The fraction of sp³-hybridized carbons (Fsp3) is 0.0833. The summed E-state index contributed by atoms with van der Waals surface area (Å²) < 4.78 is 12.7. The molecule has 0 amide bonds. The second-order valence-electron chi connectivity index (χ2n) is 3.15. The molecule has 1 heterocycles. The first-order valence-electron chi connectivity index (χ1n) is 4.90. The summed E-state index contributed by atoms with van der Waals surface area (Å²) in [6.07, 6.45) is 4.44. The van der Waals surface area contributed by atoms with Crippen LogP contribution in [0.4, 0.5) is 4.39 Å². The molecule has 1 N–H and O–H groups in total. The molecule has 0 unspecified atom stereocenters. The molecule has 0 radical (unpaired) electrons. The molecular formula is C12H11ClFN3S. The first-order valence-corrected chi connectivity index (χ1v) is 6.10. The Morgan fingerprint density at radius 3 is 2.78 bits per heavy atom. The summed E-state index contributed by atoms with van der Waals surface area (Å²) in [5, 5.41) is 7.64. The third kappa shape index (κ3) is 4.81. The molecule has 0 aliphatic heterocycles. The number of nitrogens with zero attached hydrogens (tertiary/aromatic N) is 2. The molecule has 0 saturated carbocycles. The minimum atomic E-state index is -0.534. The van der Waals surface area contributed by atoms with Crippen molar-refractivity contribution in [2.75, 3.05) is 7.05 Å². The number of rotatable bonds is 4. The summed E-state index contributed by atoms with van der Waals surface area (Å²) >= 11 is 6.69. The molecule has 6 heteroatoms. The van der Waals surface area contributed by atoms with Crippen LogP contribution in [-0.4, -0.2) is 22.2 Å². The van der Waals surface area contributed by atoms with Gasteiger partial charge in [-0.1, -0.05) is 29.9 Å². The monoisotopic (exact) mass is 283 g/mol. The molecule has 0 bridgehead atoms. The predicted octanol–water partition coefficient (Wildman–Crippen LogP) is 3.62. The molecule has 1 aromatic heterocycles. The van der Waals surface area contributed by atoms with Gasteiger partial charge in [0.2, 0.25) is 5.95 Å². The van der Waals surface area contributed by atoms with E-state index in [-0.39, 0.29) is 5.17 Å². The summed E-state index contributed by atoms with van der Waals surface area (Å²) in [5.74, 6) is -0.534. The molecular weight excluding hydrogens is 273 g/mol. The topological polar surface area (TPSA) is 49.1 Å². The quantitative estimate of drug-likeness (QED) is 0.397. The Bertz CT molecular complexity index is 509. The second kappa shape index (κ2) is 7.08. The summed E-state index contributed by atoms with van der Waals surface area (Å²) in [6.45, 7) is 3.80. The molecule has 0 aromatic carbocycles. The Morgan fingerprint density at radius 1 is 1.56 bits per heavy atom. The third-order valence-corrected chi connectivity index (χ3v) is 2.96. The fourth-order valence-corrected chi connectivity index (χ4v) is 1.84. The zero-order valence-electron chi connectivity index (χ0n) is 9.65. The van der Waals surface area contributed by atoms with Gasteiger partial charge in [0.25, 0.3) is 0 Å².